The normalized spacial score (nSPS) is 17.1. The number of hydrazine groups is 1. The highest BCUT2D eigenvalue weighted by Crippen LogP contribution is 2.28. The van der Waals surface area contributed by atoms with E-state index in [-0.39, 0.29) is 49.0 Å². The fourth-order valence-corrected chi connectivity index (χ4v) is 4.13. The van der Waals surface area contributed by atoms with Gasteiger partial charge in [-0.3, -0.25) is 30.2 Å². The summed E-state index contributed by atoms with van der Waals surface area (Å²) in [5.74, 6) is -3.03. The number of hydrogen-bond donors (Lipinski definition) is 4. The van der Waals surface area contributed by atoms with Gasteiger partial charge in [-0.1, -0.05) is 11.6 Å². The van der Waals surface area contributed by atoms with Gasteiger partial charge in [0.15, 0.2) is 0 Å². The Morgan fingerprint density at radius 2 is 1.75 bits per heavy atom. The van der Waals surface area contributed by atoms with Crippen LogP contribution >= 0.6 is 11.6 Å². The Morgan fingerprint density at radius 1 is 1.10 bits per heavy atom. The molecule has 220 valence electrons. The largest absolute Gasteiger partial charge is 0.443 e. The molecule has 12 nitrogen and oxygen atoms in total. The van der Waals surface area contributed by atoms with E-state index in [0.29, 0.717) is 26.3 Å². The van der Waals surface area contributed by atoms with Crippen LogP contribution in [0.2, 0.25) is 5.02 Å². The number of nitrogens with zero attached hydrogens (tertiary/aromatic N) is 3. The highest BCUT2D eigenvalue weighted by Gasteiger charge is 2.32. The van der Waals surface area contributed by atoms with Crippen LogP contribution in [0.15, 0.2) is 35.4 Å². The van der Waals surface area contributed by atoms with Gasteiger partial charge in [0, 0.05) is 38.3 Å². The van der Waals surface area contributed by atoms with Crippen molar-refractivity contribution in [3.63, 3.8) is 0 Å². The van der Waals surface area contributed by atoms with Crippen LogP contribution in [-0.2, 0) is 25.6 Å². The van der Waals surface area contributed by atoms with E-state index in [2.05, 4.69) is 10.9 Å². The third-order valence-corrected chi connectivity index (χ3v) is 6.34. The van der Waals surface area contributed by atoms with Crippen LogP contribution in [0.1, 0.15) is 26.3 Å². The molecule has 40 heavy (non-hydrogen) atoms. The van der Waals surface area contributed by atoms with E-state index in [1.54, 1.807) is 20.8 Å². The molecule has 3 amide bonds. The van der Waals surface area contributed by atoms with Gasteiger partial charge in [-0.25, -0.2) is 13.6 Å². The van der Waals surface area contributed by atoms with Gasteiger partial charge < -0.3 is 25.8 Å². The fourth-order valence-electron chi connectivity index (χ4n) is 3.92. The summed E-state index contributed by atoms with van der Waals surface area (Å²) in [6.45, 7) is 7.16. The number of carbonyl (C=O) groups is 3. The van der Waals surface area contributed by atoms with Gasteiger partial charge >= 0.3 is 6.09 Å². The Labute approximate surface area is 235 Å². The van der Waals surface area contributed by atoms with E-state index in [9.17, 15) is 23.2 Å². The summed E-state index contributed by atoms with van der Waals surface area (Å²) >= 11 is 6.02. The van der Waals surface area contributed by atoms with Crippen LogP contribution < -0.4 is 22.3 Å². The Balaban J connectivity index is 1.83. The lowest BCUT2D eigenvalue weighted by Gasteiger charge is -2.38. The van der Waals surface area contributed by atoms with Gasteiger partial charge in [-0.15, -0.1) is 0 Å². The van der Waals surface area contributed by atoms with Crippen molar-refractivity contribution in [3.8, 4) is 0 Å². The summed E-state index contributed by atoms with van der Waals surface area (Å²) in [5.41, 5.74) is 15.5. The summed E-state index contributed by atoms with van der Waals surface area (Å²) in [7, 11) is 0. The van der Waals surface area contributed by atoms with E-state index in [4.69, 9.17) is 32.5 Å². The summed E-state index contributed by atoms with van der Waals surface area (Å²) in [4.78, 5) is 42.2. The van der Waals surface area contributed by atoms with Crippen molar-refractivity contribution in [2.24, 2.45) is 11.5 Å². The topological polar surface area (TPSA) is 155 Å². The minimum atomic E-state index is -0.861. The highest BCUT2D eigenvalue weighted by atomic mass is 35.5. The number of amides is 3. The minimum Gasteiger partial charge on any atom is -0.443 e. The Bertz CT molecular complexity index is 1200. The Morgan fingerprint density at radius 3 is 2.40 bits per heavy atom. The molecule has 3 rings (SSSR count). The molecule has 1 fully saturated rings. The number of rotatable bonds is 6. The highest BCUT2D eigenvalue weighted by molar-refractivity contribution is 6.31. The van der Waals surface area contributed by atoms with Gasteiger partial charge in [0.1, 0.15) is 28.8 Å². The number of carbonyl (C=O) groups excluding carboxylic acids is 3. The van der Waals surface area contributed by atoms with Crippen LogP contribution in [0.25, 0.3) is 0 Å². The SMILES string of the molecule is CC(C)(C)OC(=O)N1CCN(Cc2c(F)ccc(F)c2Cl)C(/C=C(\N)C(=O)NNC(=O)CN2CCOCC2)=C1N. The number of benzene rings is 1. The van der Waals surface area contributed by atoms with E-state index >= 15 is 0 Å². The van der Waals surface area contributed by atoms with Crippen molar-refractivity contribution in [3.05, 3.63) is 57.6 Å². The summed E-state index contributed by atoms with van der Waals surface area (Å²) in [6, 6.07) is 1.85. The zero-order valence-electron chi connectivity index (χ0n) is 22.6. The molecule has 0 bridgehead atoms. The molecule has 0 radical (unpaired) electrons. The van der Waals surface area contributed by atoms with Crippen molar-refractivity contribution in [1.29, 1.82) is 0 Å². The molecule has 1 saturated heterocycles. The summed E-state index contributed by atoms with van der Waals surface area (Å²) in [5, 5.41) is -0.412. The molecule has 6 N–H and O–H groups in total. The summed E-state index contributed by atoms with van der Waals surface area (Å²) in [6.07, 6.45) is 0.421. The molecule has 0 unspecified atom stereocenters. The van der Waals surface area contributed by atoms with Crippen molar-refractivity contribution < 1.29 is 32.6 Å². The molecular formula is C25H34ClF2N7O5. The van der Waals surface area contributed by atoms with Crippen molar-refractivity contribution in [2.45, 2.75) is 32.9 Å². The van der Waals surface area contributed by atoms with Crippen molar-refractivity contribution in [1.82, 2.24) is 25.6 Å². The quantitative estimate of drug-likeness (QED) is 0.218. The number of allylic oxidation sites excluding steroid dienone is 1. The lowest BCUT2D eigenvalue weighted by atomic mass is 10.1. The molecular weight excluding hydrogens is 552 g/mol. The van der Waals surface area contributed by atoms with Gasteiger partial charge in [0.05, 0.1) is 30.5 Å². The first-order valence-corrected chi connectivity index (χ1v) is 12.9. The van der Waals surface area contributed by atoms with E-state index in [0.717, 1.165) is 17.0 Å². The van der Waals surface area contributed by atoms with Gasteiger partial charge in [-0.05, 0) is 39.0 Å². The standard InChI is InChI=1S/C25H34ClF2N7O5/c1-25(2,3)40-24(38)35-7-6-34(13-15-16(27)4-5-17(28)21(15)26)19(22(35)30)12-18(29)23(37)32-31-20(36)14-33-8-10-39-11-9-33/h4-5,12H,6-11,13-14,29-30H2,1-3H3,(H,31,36)(H,32,37)/b18-12-. The second-order valence-electron chi connectivity index (χ2n) is 10.1. The van der Waals surface area contributed by atoms with Crippen LogP contribution in [0, 0.1) is 11.6 Å². The molecule has 0 saturated carbocycles. The maximum absolute atomic E-state index is 14.6. The molecule has 0 spiro atoms. The molecule has 1 aromatic rings. The fraction of sp³-hybridized carbons (Fsp3) is 0.480. The number of ether oxygens (including phenoxy) is 2. The second kappa shape index (κ2) is 13.2. The molecule has 2 aliphatic rings. The van der Waals surface area contributed by atoms with Crippen LogP contribution in [0.5, 0.6) is 0 Å². The van der Waals surface area contributed by atoms with Crippen molar-refractivity contribution >= 4 is 29.5 Å². The average molecular weight is 586 g/mol. The first kappa shape index (κ1) is 30.9. The van der Waals surface area contributed by atoms with E-state index < -0.39 is 40.2 Å². The Hall–Kier alpha value is -3.62. The summed E-state index contributed by atoms with van der Waals surface area (Å²) < 4.78 is 39.3. The number of morpholine rings is 1. The third-order valence-electron chi connectivity index (χ3n) is 5.93. The molecule has 2 aliphatic heterocycles. The van der Waals surface area contributed by atoms with Crippen LogP contribution in [-0.4, -0.2) is 84.1 Å². The minimum absolute atomic E-state index is 0.0380. The van der Waals surface area contributed by atoms with Crippen LogP contribution in [0.4, 0.5) is 13.6 Å². The number of nitrogens with one attached hydrogen (secondary N) is 2. The predicted octanol–water partition coefficient (Wildman–Crippen LogP) is 1.12. The van der Waals surface area contributed by atoms with Gasteiger partial charge in [0.2, 0.25) is 0 Å². The lowest BCUT2D eigenvalue weighted by Crippen LogP contribution is -2.50. The first-order valence-electron chi connectivity index (χ1n) is 12.5. The van der Waals surface area contributed by atoms with E-state index in [1.165, 1.54) is 11.0 Å². The molecule has 1 aromatic carbocycles. The number of halogens is 3. The number of hydrogen-bond acceptors (Lipinski definition) is 9. The zero-order chi connectivity index (χ0) is 29.6. The van der Waals surface area contributed by atoms with E-state index in [1.807, 2.05) is 4.90 Å². The zero-order valence-corrected chi connectivity index (χ0v) is 23.3. The molecule has 2 heterocycles. The third kappa shape index (κ3) is 8.19. The van der Waals surface area contributed by atoms with Gasteiger partial charge in [0.25, 0.3) is 11.8 Å². The average Bonchev–Trinajstić information content (AvgIpc) is 2.88. The lowest BCUT2D eigenvalue weighted by molar-refractivity contribution is -0.128. The monoisotopic (exact) mass is 585 g/mol. The molecule has 0 aromatic heterocycles. The second-order valence-corrected chi connectivity index (χ2v) is 10.5. The molecule has 15 heteroatoms. The molecule has 0 atom stereocenters. The molecule has 0 aliphatic carbocycles. The predicted molar refractivity (Wildman–Crippen MR) is 142 cm³/mol. The smallest absolute Gasteiger partial charge is 0.416 e. The van der Waals surface area contributed by atoms with Gasteiger partial charge in [-0.2, -0.15) is 0 Å². The maximum Gasteiger partial charge on any atom is 0.416 e. The first-order chi connectivity index (χ1) is 18.8. The van der Waals surface area contributed by atoms with Crippen LogP contribution in [0.3, 0.4) is 0 Å². The van der Waals surface area contributed by atoms with Crippen molar-refractivity contribution in [2.75, 3.05) is 45.9 Å². The maximum atomic E-state index is 14.6. The Kier molecular flexibility index (Phi) is 10.2. The number of nitrogens with two attached hydrogens (primary N) is 2.